The van der Waals surface area contributed by atoms with E-state index in [2.05, 4.69) is 27.9 Å². The van der Waals surface area contributed by atoms with Gasteiger partial charge in [-0.25, -0.2) is 0 Å². The molecule has 0 radical (unpaired) electrons. The molecular weight excluding hydrogens is 445 g/mol. The zero-order valence-corrected chi connectivity index (χ0v) is 16.4. The molecule has 6 heteroatoms. The van der Waals surface area contributed by atoms with E-state index in [1.807, 2.05) is 43.3 Å². The van der Waals surface area contributed by atoms with E-state index in [4.69, 9.17) is 13.9 Å². The van der Waals surface area contributed by atoms with E-state index in [1.54, 1.807) is 24.3 Å². The number of halogens is 1. The summed E-state index contributed by atoms with van der Waals surface area (Å²) in [6.07, 6.45) is 0. The van der Waals surface area contributed by atoms with E-state index in [-0.39, 0.29) is 18.3 Å². The number of nitrogens with one attached hydrogen (secondary N) is 1. The minimum atomic E-state index is -0.310. The summed E-state index contributed by atoms with van der Waals surface area (Å²) in [5.41, 5.74) is 0.673. The molecule has 0 saturated carbocycles. The third kappa shape index (κ3) is 5.01. The fraction of sp³-hybridized carbons (Fsp3) is 0.150. The standard InChI is InChI=1S/C20H18INO4/c1-2-24-16-9-5-15(6-10-16)22-20(23)19-12-11-18(26-19)13-25-17-7-3-14(21)4-8-17/h3-12H,2,13H2,1H3,(H,22,23). The van der Waals surface area contributed by atoms with Crippen LogP contribution in [-0.4, -0.2) is 12.5 Å². The fourth-order valence-corrected chi connectivity index (χ4v) is 2.62. The molecule has 1 N–H and O–H groups in total. The summed E-state index contributed by atoms with van der Waals surface area (Å²) in [7, 11) is 0. The van der Waals surface area contributed by atoms with E-state index in [9.17, 15) is 4.79 Å². The van der Waals surface area contributed by atoms with Gasteiger partial charge >= 0.3 is 0 Å². The molecule has 0 saturated heterocycles. The molecule has 5 nitrogen and oxygen atoms in total. The topological polar surface area (TPSA) is 60.7 Å². The summed E-state index contributed by atoms with van der Waals surface area (Å²) in [6, 6.07) is 18.3. The van der Waals surface area contributed by atoms with Crippen molar-refractivity contribution in [1.82, 2.24) is 0 Å². The Kier molecular flexibility index (Phi) is 6.17. The highest BCUT2D eigenvalue weighted by Gasteiger charge is 2.12. The van der Waals surface area contributed by atoms with Crippen molar-refractivity contribution in [3.63, 3.8) is 0 Å². The lowest BCUT2D eigenvalue weighted by Gasteiger charge is -2.06. The van der Waals surface area contributed by atoms with Gasteiger partial charge < -0.3 is 19.2 Å². The van der Waals surface area contributed by atoms with Crippen molar-refractivity contribution in [2.24, 2.45) is 0 Å². The summed E-state index contributed by atoms with van der Waals surface area (Å²) in [5.74, 6) is 2.02. The maximum Gasteiger partial charge on any atom is 0.291 e. The van der Waals surface area contributed by atoms with Crippen molar-refractivity contribution in [3.05, 3.63) is 75.8 Å². The second-order valence-electron chi connectivity index (χ2n) is 5.42. The van der Waals surface area contributed by atoms with Crippen molar-refractivity contribution in [2.75, 3.05) is 11.9 Å². The Labute approximate surface area is 165 Å². The van der Waals surface area contributed by atoms with Crippen molar-refractivity contribution in [3.8, 4) is 11.5 Å². The zero-order valence-electron chi connectivity index (χ0n) is 14.2. The van der Waals surface area contributed by atoms with Crippen LogP contribution in [0.5, 0.6) is 11.5 Å². The number of rotatable bonds is 7. The Balaban J connectivity index is 1.56. The first-order chi connectivity index (χ1) is 12.6. The molecule has 0 unspecified atom stereocenters. The van der Waals surface area contributed by atoms with Crippen molar-refractivity contribution in [2.45, 2.75) is 13.5 Å². The van der Waals surface area contributed by atoms with Gasteiger partial charge in [0.05, 0.1) is 6.61 Å². The SMILES string of the molecule is CCOc1ccc(NC(=O)c2ccc(COc3ccc(I)cc3)o2)cc1. The van der Waals surface area contributed by atoms with E-state index >= 15 is 0 Å². The van der Waals surface area contributed by atoms with Gasteiger partial charge in [0.15, 0.2) is 5.76 Å². The second-order valence-corrected chi connectivity index (χ2v) is 6.67. The molecule has 3 rings (SSSR count). The number of amides is 1. The lowest BCUT2D eigenvalue weighted by Crippen LogP contribution is -2.10. The number of benzene rings is 2. The van der Waals surface area contributed by atoms with Gasteiger partial charge in [0.1, 0.15) is 23.9 Å². The van der Waals surface area contributed by atoms with Crippen LogP contribution in [0.3, 0.4) is 0 Å². The smallest absolute Gasteiger partial charge is 0.291 e. The van der Waals surface area contributed by atoms with Gasteiger partial charge in [-0.15, -0.1) is 0 Å². The van der Waals surface area contributed by atoms with Gasteiger partial charge in [-0.1, -0.05) is 0 Å². The Morgan fingerprint density at radius 3 is 2.31 bits per heavy atom. The van der Waals surface area contributed by atoms with Crippen LogP contribution >= 0.6 is 22.6 Å². The minimum absolute atomic E-state index is 0.236. The van der Waals surface area contributed by atoms with Gasteiger partial charge in [0, 0.05) is 9.26 Å². The molecule has 1 aromatic heterocycles. The molecule has 1 amide bonds. The van der Waals surface area contributed by atoms with Gasteiger partial charge in [-0.3, -0.25) is 4.79 Å². The zero-order chi connectivity index (χ0) is 18.4. The number of carbonyl (C=O) groups is 1. The predicted octanol–water partition coefficient (Wildman–Crippen LogP) is 5.11. The Morgan fingerprint density at radius 1 is 0.962 bits per heavy atom. The monoisotopic (exact) mass is 463 g/mol. The Morgan fingerprint density at radius 2 is 1.62 bits per heavy atom. The summed E-state index contributed by atoms with van der Waals surface area (Å²) < 4.78 is 17.7. The summed E-state index contributed by atoms with van der Waals surface area (Å²) in [4.78, 5) is 12.3. The maximum atomic E-state index is 12.3. The lowest BCUT2D eigenvalue weighted by molar-refractivity contribution is 0.0992. The molecule has 0 fully saturated rings. The first-order valence-corrected chi connectivity index (χ1v) is 9.23. The second kappa shape index (κ2) is 8.75. The highest BCUT2D eigenvalue weighted by molar-refractivity contribution is 14.1. The summed E-state index contributed by atoms with van der Waals surface area (Å²) in [5, 5.41) is 2.79. The van der Waals surface area contributed by atoms with Crippen LogP contribution in [0.25, 0.3) is 0 Å². The van der Waals surface area contributed by atoms with Crippen molar-refractivity contribution < 1.29 is 18.7 Å². The molecular formula is C20H18INO4. The first kappa shape index (κ1) is 18.3. The average Bonchev–Trinajstić information content (AvgIpc) is 3.12. The van der Waals surface area contributed by atoms with Crippen LogP contribution in [0.15, 0.2) is 65.1 Å². The van der Waals surface area contributed by atoms with Crippen LogP contribution in [-0.2, 0) is 6.61 Å². The molecule has 2 aromatic carbocycles. The van der Waals surface area contributed by atoms with Gasteiger partial charge in [0.2, 0.25) is 0 Å². The quantitative estimate of drug-likeness (QED) is 0.495. The Hall–Kier alpha value is -2.48. The van der Waals surface area contributed by atoms with Gasteiger partial charge in [-0.05, 0) is 90.2 Å². The molecule has 1 heterocycles. The van der Waals surface area contributed by atoms with Crippen molar-refractivity contribution in [1.29, 1.82) is 0 Å². The number of ether oxygens (including phenoxy) is 2. The molecule has 0 aliphatic heterocycles. The normalized spacial score (nSPS) is 10.4. The van der Waals surface area contributed by atoms with E-state index < -0.39 is 0 Å². The van der Waals surface area contributed by atoms with E-state index in [0.29, 0.717) is 18.1 Å². The largest absolute Gasteiger partial charge is 0.494 e. The number of hydrogen-bond donors (Lipinski definition) is 1. The number of carbonyl (C=O) groups excluding carboxylic acids is 1. The van der Waals surface area contributed by atoms with Crippen LogP contribution < -0.4 is 14.8 Å². The molecule has 134 valence electrons. The van der Waals surface area contributed by atoms with Gasteiger partial charge in [-0.2, -0.15) is 0 Å². The van der Waals surface area contributed by atoms with E-state index in [1.165, 1.54) is 0 Å². The molecule has 0 aliphatic carbocycles. The number of hydrogen-bond acceptors (Lipinski definition) is 4. The third-order valence-corrected chi connectivity index (χ3v) is 4.22. The highest BCUT2D eigenvalue weighted by atomic mass is 127. The fourth-order valence-electron chi connectivity index (χ4n) is 2.26. The number of furan rings is 1. The van der Waals surface area contributed by atoms with Crippen LogP contribution in [0.1, 0.15) is 23.2 Å². The van der Waals surface area contributed by atoms with Crippen molar-refractivity contribution >= 4 is 34.2 Å². The highest BCUT2D eigenvalue weighted by Crippen LogP contribution is 2.19. The van der Waals surface area contributed by atoms with Crippen LogP contribution in [0.2, 0.25) is 0 Å². The lowest BCUT2D eigenvalue weighted by atomic mass is 10.3. The summed E-state index contributed by atoms with van der Waals surface area (Å²) in [6.45, 7) is 2.79. The van der Waals surface area contributed by atoms with Crippen LogP contribution in [0.4, 0.5) is 5.69 Å². The van der Waals surface area contributed by atoms with Gasteiger partial charge in [0.25, 0.3) is 5.91 Å². The first-order valence-electron chi connectivity index (χ1n) is 8.15. The average molecular weight is 463 g/mol. The maximum absolute atomic E-state index is 12.3. The molecule has 26 heavy (non-hydrogen) atoms. The molecule has 0 spiro atoms. The molecule has 3 aromatic rings. The predicted molar refractivity (Wildman–Crippen MR) is 108 cm³/mol. The number of anilines is 1. The minimum Gasteiger partial charge on any atom is -0.494 e. The molecule has 0 bridgehead atoms. The van der Waals surface area contributed by atoms with E-state index in [0.717, 1.165) is 15.1 Å². The summed E-state index contributed by atoms with van der Waals surface area (Å²) >= 11 is 2.24. The van der Waals surface area contributed by atoms with Crippen LogP contribution in [0, 0.1) is 3.57 Å². The molecule has 0 atom stereocenters. The third-order valence-electron chi connectivity index (χ3n) is 3.50. The molecule has 0 aliphatic rings. The Bertz CT molecular complexity index is 856.